The summed E-state index contributed by atoms with van der Waals surface area (Å²) < 4.78 is 43.5. The van der Waals surface area contributed by atoms with Gasteiger partial charge in [-0.1, -0.05) is 6.08 Å². The quantitative estimate of drug-likeness (QED) is 0.756. The first-order valence-electron chi connectivity index (χ1n) is 9.54. The Labute approximate surface area is 175 Å². The lowest BCUT2D eigenvalue weighted by Crippen LogP contribution is -2.28. The molecule has 160 valence electrons. The zero-order chi connectivity index (χ0) is 22.0. The second kappa shape index (κ2) is 8.22. The monoisotopic (exact) mass is 430 g/mol. The minimum absolute atomic E-state index is 0.0186. The van der Waals surface area contributed by atoms with Crippen molar-refractivity contribution in [2.75, 3.05) is 0 Å². The Morgan fingerprint density at radius 3 is 2.77 bits per heavy atom. The highest BCUT2D eigenvalue weighted by Crippen LogP contribution is 2.43. The van der Waals surface area contributed by atoms with E-state index in [2.05, 4.69) is 25.1 Å². The van der Waals surface area contributed by atoms with Gasteiger partial charge in [-0.15, -0.1) is 13.2 Å². The largest absolute Gasteiger partial charge is 0.572 e. The summed E-state index contributed by atoms with van der Waals surface area (Å²) in [5.41, 5.74) is 0.516. The van der Waals surface area contributed by atoms with Crippen molar-refractivity contribution in [1.29, 1.82) is 5.26 Å². The lowest BCUT2D eigenvalue weighted by molar-refractivity contribution is -0.307. The molecule has 0 aromatic carbocycles. The number of halogens is 3. The van der Waals surface area contributed by atoms with Crippen LogP contribution in [0, 0.1) is 23.2 Å². The average Bonchev–Trinajstić information content (AvgIpc) is 3.49. The van der Waals surface area contributed by atoms with Crippen LogP contribution in [0.3, 0.4) is 0 Å². The van der Waals surface area contributed by atoms with Crippen LogP contribution in [0.1, 0.15) is 30.7 Å². The number of nitrogens with zero attached hydrogens (tertiary/aromatic N) is 5. The Balaban J connectivity index is 1.47. The van der Waals surface area contributed by atoms with Crippen molar-refractivity contribution in [1.82, 2.24) is 25.1 Å². The van der Waals surface area contributed by atoms with E-state index in [-0.39, 0.29) is 36.1 Å². The molecule has 0 saturated heterocycles. The lowest BCUT2D eigenvalue weighted by atomic mass is 9.90. The standard InChI is InChI=1S/C20H17F3N6O2/c21-20(22,23)31-16-6-14(13-2-3-13)5-15(7-16)19(30)26-10-18-27-11-28-29(18)17-4-1-12(8-24)9-25-17/h1,4-5,7,9,11,13-14H,2-3,6,10H2,(H,26,30). The minimum Gasteiger partial charge on any atom is -0.410 e. The van der Waals surface area contributed by atoms with Gasteiger partial charge in [-0.2, -0.15) is 15.0 Å². The molecule has 8 nitrogen and oxygen atoms in total. The van der Waals surface area contributed by atoms with E-state index in [9.17, 15) is 18.0 Å². The summed E-state index contributed by atoms with van der Waals surface area (Å²) in [4.78, 5) is 20.9. The zero-order valence-corrected chi connectivity index (χ0v) is 16.1. The molecule has 4 rings (SSSR count). The molecule has 0 spiro atoms. The van der Waals surface area contributed by atoms with Gasteiger partial charge in [-0.3, -0.25) is 4.79 Å². The molecule has 2 heterocycles. The number of hydrogen-bond acceptors (Lipinski definition) is 6. The summed E-state index contributed by atoms with van der Waals surface area (Å²) in [6.07, 6.45) is 2.70. The molecule has 2 aromatic heterocycles. The fourth-order valence-electron chi connectivity index (χ4n) is 3.41. The number of ether oxygens (including phenoxy) is 1. The summed E-state index contributed by atoms with van der Waals surface area (Å²) in [7, 11) is 0. The van der Waals surface area contributed by atoms with Crippen LogP contribution in [-0.2, 0) is 16.1 Å². The van der Waals surface area contributed by atoms with Crippen molar-refractivity contribution < 1.29 is 22.7 Å². The third-order valence-electron chi connectivity index (χ3n) is 5.00. The van der Waals surface area contributed by atoms with Crippen molar-refractivity contribution in [3.05, 3.63) is 59.5 Å². The molecule has 1 amide bonds. The maximum Gasteiger partial charge on any atom is 0.572 e. The highest BCUT2D eigenvalue weighted by molar-refractivity contribution is 5.96. The maximum atomic E-state index is 12.7. The van der Waals surface area contributed by atoms with Crippen LogP contribution in [-0.4, -0.2) is 32.0 Å². The summed E-state index contributed by atoms with van der Waals surface area (Å²) >= 11 is 0. The minimum atomic E-state index is -4.80. The van der Waals surface area contributed by atoms with Gasteiger partial charge in [0.2, 0.25) is 0 Å². The number of amides is 1. The number of carbonyl (C=O) groups excluding carboxylic acids is 1. The SMILES string of the molecule is N#Cc1ccc(-n2ncnc2CNC(=O)C2=CC(C3CC3)CC(OC(F)(F)F)=C2)nc1. The average molecular weight is 430 g/mol. The van der Waals surface area contributed by atoms with E-state index >= 15 is 0 Å². The first kappa shape index (κ1) is 20.6. The topological polar surface area (TPSA) is 106 Å². The second-order valence-electron chi connectivity index (χ2n) is 7.27. The predicted octanol–water partition coefficient (Wildman–Crippen LogP) is 2.93. The first-order valence-corrected chi connectivity index (χ1v) is 9.54. The number of nitriles is 1. The molecule has 2 aliphatic rings. The molecule has 0 radical (unpaired) electrons. The van der Waals surface area contributed by atoms with Gasteiger partial charge in [0, 0.05) is 18.2 Å². The lowest BCUT2D eigenvalue weighted by Gasteiger charge is -2.22. The summed E-state index contributed by atoms with van der Waals surface area (Å²) in [5, 5.41) is 15.6. The van der Waals surface area contributed by atoms with Crippen molar-refractivity contribution in [3.63, 3.8) is 0 Å². The van der Waals surface area contributed by atoms with E-state index in [0.717, 1.165) is 18.9 Å². The summed E-state index contributed by atoms with van der Waals surface area (Å²) in [5.74, 6) is 0.102. The first-order chi connectivity index (χ1) is 14.8. The number of carbonyl (C=O) groups is 1. The van der Waals surface area contributed by atoms with Gasteiger partial charge in [-0.25, -0.2) is 9.97 Å². The fraction of sp³-hybridized carbons (Fsp3) is 0.350. The third kappa shape index (κ3) is 5.09. The molecule has 1 saturated carbocycles. The number of rotatable bonds is 6. The molecule has 0 aliphatic heterocycles. The van der Waals surface area contributed by atoms with E-state index < -0.39 is 12.3 Å². The molecule has 31 heavy (non-hydrogen) atoms. The van der Waals surface area contributed by atoms with Gasteiger partial charge in [-0.05, 0) is 42.9 Å². The normalized spacial score (nSPS) is 18.6. The molecule has 1 atom stereocenters. The number of hydrogen-bond donors (Lipinski definition) is 1. The molecule has 1 fully saturated rings. The molecular formula is C20H17F3N6O2. The van der Waals surface area contributed by atoms with E-state index in [1.807, 2.05) is 6.07 Å². The highest BCUT2D eigenvalue weighted by atomic mass is 19.4. The molecule has 1 unspecified atom stereocenters. The Morgan fingerprint density at radius 1 is 1.32 bits per heavy atom. The fourth-order valence-corrected chi connectivity index (χ4v) is 3.41. The van der Waals surface area contributed by atoms with Gasteiger partial charge in [0.25, 0.3) is 5.91 Å². The molecule has 11 heteroatoms. The number of aromatic nitrogens is 4. The number of alkyl halides is 3. The van der Waals surface area contributed by atoms with Crippen molar-refractivity contribution in [2.24, 2.45) is 11.8 Å². The maximum absolute atomic E-state index is 12.7. The van der Waals surface area contributed by atoms with Crippen LogP contribution in [0.4, 0.5) is 13.2 Å². The number of pyridine rings is 1. The van der Waals surface area contributed by atoms with Crippen molar-refractivity contribution >= 4 is 5.91 Å². The van der Waals surface area contributed by atoms with Gasteiger partial charge in [0.1, 0.15) is 18.2 Å². The number of nitrogens with one attached hydrogen (secondary N) is 1. The Kier molecular flexibility index (Phi) is 5.46. The van der Waals surface area contributed by atoms with Crippen LogP contribution < -0.4 is 5.32 Å². The van der Waals surface area contributed by atoms with E-state index in [4.69, 9.17) is 5.26 Å². The van der Waals surface area contributed by atoms with Crippen LogP contribution in [0.2, 0.25) is 0 Å². The second-order valence-corrected chi connectivity index (χ2v) is 7.27. The molecular weight excluding hydrogens is 413 g/mol. The van der Waals surface area contributed by atoms with E-state index in [1.165, 1.54) is 17.2 Å². The van der Waals surface area contributed by atoms with E-state index in [0.29, 0.717) is 17.2 Å². The van der Waals surface area contributed by atoms with Crippen molar-refractivity contribution in [2.45, 2.75) is 32.2 Å². The summed E-state index contributed by atoms with van der Waals surface area (Å²) in [6, 6.07) is 5.13. The van der Waals surface area contributed by atoms with Crippen LogP contribution in [0.5, 0.6) is 0 Å². The molecule has 0 bridgehead atoms. The third-order valence-corrected chi connectivity index (χ3v) is 5.00. The van der Waals surface area contributed by atoms with Crippen LogP contribution in [0.25, 0.3) is 5.82 Å². The molecule has 1 N–H and O–H groups in total. The predicted molar refractivity (Wildman–Crippen MR) is 99.9 cm³/mol. The highest BCUT2D eigenvalue weighted by Gasteiger charge is 2.38. The van der Waals surface area contributed by atoms with Gasteiger partial charge < -0.3 is 10.1 Å². The Morgan fingerprint density at radius 2 is 2.13 bits per heavy atom. The Hall–Kier alpha value is -3.68. The van der Waals surface area contributed by atoms with Crippen LogP contribution >= 0.6 is 0 Å². The number of allylic oxidation sites excluding steroid dienone is 2. The van der Waals surface area contributed by atoms with Gasteiger partial charge in [0.15, 0.2) is 11.6 Å². The smallest absolute Gasteiger partial charge is 0.410 e. The van der Waals surface area contributed by atoms with Crippen molar-refractivity contribution in [3.8, 4) is 11.9 Å². The van der Waals surface area contributed by atoms with Crippen LogP contribution in [0.15, 0.2) is 48.1 Å². The summed E-state index contributed by atoms with van der Waals surface area (Å²) in [6.45, 7) is -0.0186. The zero-order valence-electron chi connectivity index (χ0n) is 16.1. The Bertz CT molecular complexity index is 1080. The molecule has 2 aliphatic carbocycles. The van der Waals surface area contributed by atoms with E-state index in [1.54, 1.807) is 18.2 Å². The van der Waals surface area contributed by atoms with Gasteiger partial charge in [0.05, 0.1) is 12.1 Å². The van der Waals surface area contributed by atoms with Gasteiger partial charge >= 0.3 is 6.36 Å². The molecule has 2 aromatic rings.